The quantitative estimate of drug-likeness (QED) is 0.811. The number of nitrogens with zero attached hydrogens (tertiary/aromatic N) is 1. The smallest absolute Gasteiger partial charge is 0.0413 e. The first-order valence-electron chi connectivity index (χ1n) is 5.30. The molecule has 0 aliphatic carbocycles. The fraction of sp³-hybridized carbons (Fsp3) is 0.636. The molecule has 1 aliphatic heterocycles. The molecule has 14 heavy (non-hydrogen) atoms. The topological polar surface area (TPSA) is 29.3 Å². The van der Waals surface area contributed by atoms with Crippen molar-refractivity contribution >= 4 is 11.3 Å². The Morgan fingerprint density at radius 3 is 3.14 bits per heavy atom. The predicted octanol–water partition coefficient (Wildman–Crippen LogP) is 2.23. The molecule has 3 heteroatoms. The van der Waals surface area contributed by atoms with E-state index in [0.717, 1.165) is 6.54 Å². The molecule has 1 aliphatic rings. The minimum absolute atomic E-state index is 0.381. The van der Waals surface area contributed by atoms with E-state index in [1.165, 1.54) is 24.3 Å². The van der Waals surface area contributed by atoms with Crippen LogP contribution in [0.5, 0.6) is 0 Å². The summed E-state index contributed by atoms with van der Waals surface area (Å²) in [6.45, 7) is 4.54. The molecule has 2 nitrogen and oxygen atoms in total. The molecule has 2 heterocycles. The third-order valence-electron chi connectivity index (χ3n) is 2.99. The molecule has 78 valence electrons. The minimum Gasteiger partial charge on any atom is -0.327 e. The lowest BCUT2D eigenvalue weighted by Crippen LogP contribution is -2.43. The highest BCUT2D eigenvalue weighted by Gasteiger charge is 2.22. The molecule has 0 bridgehead atoms. The standard InChI is InChI=1S/C11H18N2S/c1-9(11-5-3-7-14-11)13-6-2-4-10(12)8-13/h3,5,7,9-10H,2,4,6,8,12H2,1H3/t9-,10-/m1/s1. The van der Waals surface area contributed by atoms with Gasteiger partial charge in [-0.25, -0.2) is 0 Å². The average Bonchev–Trinajstić information content (AvgIpc) is 2.69. The highest BCUT2D eigenvalue weighted by molar-refractivity contribution is 7.10. The number of rotatable bonds is 2. The number of hydrogen-bond donors (Lipinski definition) is 1. The molecule has 0 saturated carbocycles. The Morgan fingerprint density at radius 2 is 2.50 bits per heavy atom. The SMILES string of the molecule is C[C@H](c1cccs1)N1CCC[C@@H](N)C1. The number of likely N-dealkylation sites (tertiary alicyclic amines) is 1. The zero-order valence-electron chi connectivity index (χ0n) is 8.65. The predicted molar refractivity (Wildman–Crippen MR) is 61.5 cm³/mol. The monoisotopic (exact) mass is 210 g/mol. The van der Waals surface area contributed by atoms with Crippen molar-refractivity contribution in [1.29, 1.82) is 0 Å². The summed E-state index contributed by atoms with van der Waals surface area (Å²) < 4.78 is 0. The van der Waals surface area contributed by atoms with Crippen LogP contribution >= 0.6 is 11.3 Å². The van der Waals surface area contributed by atoms with Crippen LogP contribution in [0.25, 0.3) is 0 Å². The van der Waals surface area contributed by atoms with Crippen molar-refractivity contribution < 1.29 is 0 Å². The first kappa shape index (κ1) is 10.1. The molecule has 1 saturated heterocycles. The van der Waals surface area contributed by atoms with Gasteiger partial charge in [0.15, 0.2) is 0 Å². The lowest BCUT2D eigenvalue weighted by Gasteiger charge is -2.34. The molecule has 2 atom stereocenters. The summed E-state index contributed by atoms with van der Waals surface area (Å²) in [7, 11) is 0. The van der Waals surface area contributed by atoms with Gasteiger partial charge in [-0.2, -0.15) is 0 Å². The molecule has 1 fully saturated rings. The van der Waals surface area contributed by atoms with E-state index in [2.05, 4.69) is 29.3 Å². The Hall–Kier alpha value is -0.380. The third-order valence-corrected chi connectivity index (χ3v) is 4.03. The van der Waals surface area contributed by atoms with Gasteiger partial charge in [-0.3, -0.25) is 4.90 Å². The van der Waals surface area contributed by atoms with Gasteiger partial charge in [0.25, 0.3) is 0 Å². The van der Waals surface area contributed by atoms with Crippen LogP contribution in [0.3, 0.4) is 0 Å². The van der Waals surface area contributed by atoms with Crippen molar-refractivity contribution in [3.8, 4) is 0 Å². The molecule has 0 amide bonds. The van der Waals surface area contributed by atoms with E-state index in [9.17, 15) is 0 Å². The average molecular weight is 210 g/mol. The maximum atomic E-state index is 5.98. The van der Waals surface area contributed by atoms with E-state index < -0.39 is 0 Å². The van der Waals surface area contributed by atoms with Gasteiger partial charge in [-0.05, 0) is 37.8 Å². The first-order chi connectivity index (χ1) is 6.77. The lowest BCUT2D eigenvalue weighted by molar-refractivity contribution is 0.161. The van der Waals surface area contributed by atoms with Crippen molar-refractivity contribution in [2.24, 2.45) is 5.73 Å². The Bertz CT molecular complexity index is 271. The molecule has 0 spiro atoms. The van der Waals surface area contributed by atoms with Crippen LogP contribution in [-0.2, 0) is 0 Å². The largest absolute Gasteiger partial charge is 0.327 e. The summed E-state index contributed by atoms with van der Waals surface area (Å²) >= 11 is 1.84. The van der Waals surface area contributed by atoms with E-state index in [1.54, 1.807) is 0 Å². The minimum atomic E-state index is 0.381. The van der Waals surface area contributed by atoms with Gasteiger partial charge in [0.2, 0.25) is 0 Å². The van der Waals surface area contributed by atoms with E-state index in [4.69, 9.17) is 5.73 Å². The Kier molecular flexibility index (Phi) is 3.21. The van der Waals surface area contributed by atoms with Crippen LogP contribution in [0.1, 0.15) is 30.7 Å². The molecule has 2 N–H and O–H groups in total. The van der Waals surface area contributed by atoms with Gasteiger partial charge < -0.3 is 5.73 Å². The van der Waals surface area contributed by atoms with Crippen LogP contribution in [0.4, 0.5) is 0 Å². The second-order valence-electron chi connectivity index (χ2n) is 4.09. The maximum absolute atomic E-state index is 5.98. The Balaban J connectivity index is 2.00. The van der Waals surface area contributed by atoms with Gasteiger partial charge in [0.05, 0.1) is 0 Å². The van der Waals surface area contributed by atoms with Crippen molar-refractivity contribution in [2.75, 3.05) is 13.1 Å². The number of piperidine rings is 1. The van der Waals surface area contributed by atoms with Crippen molar-refractivity contribution in [3.05, 3.63) is 22.4 Å². The van der Waals surface area contributed by atoms with Crippen LogP contribution in [-0.4, -0.2) is 24.0 Å². The first-order valence-corrected chi connectivity index (χ1v) is 6.18. The molecule has 1 aromatic heterocycles. The van der Waals surface area contributed by atoms with E-state index in [1.807, 2.05) is 11.3 Å². The normalized spacial score (nSPS) is 26.3. The summed E-state index contributed by atoms with van der Waals surface area (Å²) in [5, 5.41) is 2.15. The summed E-state index contributed by atoms with van der Waals surface area (Å²) in [6.07, 6.45) is 2.44. The summed E-state index contributed by atoms with van der Waals surface area (Å²) in [5.74, 6) is 0. The Labute approximate surface area is 89.7 Å². The van der Waals surface area contributed by atoms with Crippen LogP contribution in [0.2, 0.25) is 0 Å². The van der Waals surface area contributed by atoms with Crippen molar-refractivity contribution in [2.45, 2.75) is 31.8 Å². The second kappa shape index (κ2) is 4.43. The number of thiophene rings is 1. The number of hydrogen-bond acceptors (Lipinski definition) is 3. The zero-order chi connectivity index (χ0) is 9.97. The van der Waals surface area contributed by atoms with Crippen LogP contribution in [0, 0.1) is 0 Å². The highest BCUT2D eigenvalue weighted by atomic mass is 32.1. The van der Waals surface area contributed by atoms with Crippen molar-refractivity contribution in [3.63, 3.8) is 0 Å². The Morgan fingerprint density at radius 1 is 1.64 bits per heavy atom. The molecule has 1 aromatic rings. The van der Waals surface area contributed by atoms with Gasteiger partial charge in [0.1, 0.15) is 0 Å². The van der Waals surface area contributed by atoms with E-state index in [-0.39, 0.29) is 0 Å². The summed E-state index contributed by atoms with van der Waals surface area (Å²) in [4.78, 5) is 3.96. The zero-order valence-corrected chi connectivity index (χ0v) is 9.46. The maximum Gasteiger partial charge on any atom is 0.0413 e. The van der Waals surface area contributed by atoms with Gasteiger partial charge in [0, 0.05) is 23.5 Å². The molecule has 0 aromatic carbocycles. The van der Waals surface area contributed by atoms with E-state index in [0.29, 0.717) is 12.1 Å². The van der Waals surface area contributed by atoms with Gasteiger partial charge in [-0.1, -0.05) is 6.07 Å². The van der Waals surface area contributed by atoms with Gasteiger partial charge in [-0.15, -0.1) is 11.3 Å². The molecular weight excluding hydrogens is 192 g/mol. The second-order valence-corrected chi connectivity index (χ2v) is 5.07. The molecular formula is C11H18N2S. The summed E-state index contributed by atoms with van der Waals surface area (Å²) in [6, 6.07) is 5.27. The number of nitrogens with two attached hydrogens (primary N) is 1. The third kappa shape index (κ3) is 2.16. The highest BCUT2D eigenvalue weighted by Crippen LogP contribution is 2.26. The lowest BCUT2D eigenvalue weighted by atomic mass is 10.0. The van der Waals surface area contributed by atoms with E-state index >= 15 is 0 Å². The summed E-state index contributed by atoms with van der Waals surface area (Å²) in [5.41, 5.74) is 5.98. The van der Waals surface area contributed by atoms with Crippen molar-refractivity contribution in [1.82, 2.24) is 4.90 Å². The molecule has 0 unspecified atom stereocenters. The van der Waals surface area contributed by atoms with Crippen LogP contribution < -0.4 is 5.73 Å². The molecule has 0 radical (unpaired) electrons. The fourth-order valence-electron chi connectivity index (χ4n) is 2.10. The van der Waals surface area contributed by atoms with Crippen LogP contribution in [0.15, 0.2) is 17.5 Å². The molecule has 2 rings (SSSR count). The van der Waals surface area contributed by atoms with Gasteiger partial charge >= 0.3 is 0 Å². The fourth-order valence-corrected chi connectivity index (χ4v) is 2.92.